The fourth-order valence-corrected chi connectivity index (χ4v) is 5.64. The number of rotatable bonds is 5. The van der Waals surface area contributed by atoms with E-state index in [0.29, 0.717) is 18.1 Å². The molecule has 1 saturated heterocycles. The van der Waals surface area contributed by atoms with Crippen molar-refractivity contribution in [1.29, 1.82) is 0 Å². The van der Waals surface area contributed by atoms with Gasteiger partial charge in [0.15, 0.2) is 20.7 Å². The molecule has 6 nitrogen and oxygen atoms in total. The van der Waals surface area contributed by atoms with Crippen molar-refractivity contribution in [2.75, 3.05) is 17.8 Å². The van der Waals surface area contributed by atoms with Gasteiger partial charge in [-0.2, -0.15) is 0 Å². The van der Waals surface area contributed by atoms with E-state index in [1.54, 1.807) is 4.90 Å². The molecule has 1 fully saturated rings. The van der Waals surface area contributed by atoms with E-state index in [0.717, 1.165) is 4.88 Å². The Kier molecular flexibility index (Phi) is 5.67. The SMILES string of the molecule is CSc1ncc(Cl)c(C(=O)N(Cc2cccs2)C2CCS(=O)(=O)C2)n1. The van der Waals surface area contributed by atoms with Crippen LogP contribution < -0.4 is 0 Å². The minimum absolute atomic E-state index is 0.0256. The van der Waals surface area contributed by atoms with E-state index in [1.807, 2.05) is 23.8 Å². The number of sulfone groups is 1. The molecule has 0 N–H and O–H groups in total. The molecule has 2 aromatic rings. The summed E-state index contributed by atoms with van der Waals surface area (Å²) in [7, 11) is -3.12. The number of amides is 1. The molecule has 0 saturated carbocycles. The average molecular weight is 418 g/mol. The number of thiophene rings is 1. The third kappa shape index (κ3) is 4.33. The van der Waals surface area contributed by atoms with Crippen LogP contribution in [0.15, 0.2) is 28.9 Å². The Morgan fingerprint density at radius 1 is 1.52 bits per heavy atom. The standard InChI is InChI=1S/C15H16ClN3O3S3/c1-23-15-17-7-12(16)13(18-15)14(20)19(8-11-3-2-5-24-11)10-4-6-25(21,22)9-10/h2-3,5,7,10H,4,6,8-9H2,1H3. The lowest BCUT2D eigenvalue weighted by Crippen LogP contribution is -2.41. The number of carbonyl (C=O) groups excluding carboxylic acids is 1. The normalized spacial score (nSPS) is 19.0. The Labute approximate surface area is 159 Å². The van der Waals surface area contributed by atoms with Crippen molar-refractivity contribution in [3.63, 3.8) is 0 Å². The summed E-state index contributed by atoms with van der Waals surface area (Å²) in [6.07, 6.45) is 3.64. The molecule has 1 aliphatic heterocycles. The number of thioether (sulfide) groups is 1. The molecule has 10 heteroatoms. The van der Waals surface area contributed by atoms with Gasteiger partial charge in [-0.05, 0) is 24.1 Å². The van der Waals surface area contributed by atoms with E-state index in [-0.39, 0.29) is 34.2 Å². The highest BCUT2D eigenvalue weighted by Gasteiger charge is 2.36. The monoisotopic (exact) mass is 417 g/mol. The first kappa shape index (κ1) is 18.6. The van der Waals surface area contributed by atoms with Crippen molar-refractivity contribution in [3.8, 4) is 0 Å². The smallest absolute Gasteiger partial charge is 0.274 e. The summed E-state index contributed by atoms with van der Waals surface area (Å²) in [5, 5.41) is 2.54. The number of nitrogens with zero attached hydrogens (tertiary/aromatic N) is 3. The van der Waals surface area contributed by atoms with Gasteiger partial charge in [0.05, 0.1) is 29.3 Å². The molecule has 0 radical (unpaired) electrons. The zero-order chi connectivity index (χ0) is 18.0. The van der Waals surface area contributed by atoms with Gasteiger partial charge in [-0.25, -0.2) is 18.4 Å². The first-order valence-corrected chi connectivity index (χ1v) is 11.8. The first-order chi connectivity index (χ1) is 11.9. The van der Waals surface area contributed by atoms with E-state index in [2.05, 4.69) is 9.97 Å². The van der Waals surface area contributed by atoms with Gasteiger partial charge in [-0.1, -0.05) is 29.4 Å². The molecule has 0 aliphatic carbocycles. The second-order valence-corrected chi connectivity index (χ2v) is 10.1. The van der Waals surface area contributed by atoms with Crippen molar-refractivity contribution < 1.29 is 13.2 Å². The quantitative estimate of drug-likeness (QED) is 0.549. The lowest BCUT2D eigenvalue weighted by atomic mass is 10.2. The van der Waals surface area contributed by atoms with E-state index in [9.17, 15) is 13.2 Å². The average Bonchev–Trinajstić information content (AvgIpc) is 3.21. The predicted octanol–water partition coefficient (Wildman–Crippen LogP) is 2.74. The van der Waals surface area contributed by atoms with E-state index < -0.39 is 9.84 Å². The summed E-state index contributed by atoms with van der Waals surface area (Å²) in [6.45, 7) is 0.339. The summed E-state index contributed by atoms with van der Waals surface area (Å²) in [4.78, 5) is 23.9. The fourth-order valence-electron chi connectivity index (χ4n) is 2.69. The van der Waals surface area contributed by atoms with E-state index in [1.165, 1.54) is 29.3 Å². The van der Waals surface area contributed by atoms with E-state index >= 15 is 0 Å². The summed E-state index contributed by atoms with van der Waals surface area (Å²) >= 11 is 8.97. The van der Waals surface area contributed by atoms with Gasteiger partial charge in [-0.15, -0.1) is 11.3 Å². The molecular formula is C15H16ClN3O3S3. The molecule has 1 amide bonds. The first-order valence-electron chi connectivity index (χ1n) is 7.50. The largest absolute Gasteiger partial charge is 0.328 e. The lowest BCUT2D eigenvalue weighted by Gasteiger charge is -2.27. The van der Waals surface area contributed by atoms with Crippen molar-refractivity contribution in [3.05, 3.63) is 39.3 Å². The fraction of sp³-hybridized carbons (Fsp3) is 0.400. The number of hydrogen-bond donors (Lipinski definition) is 0. The molecule has 134 valence electrons. The highest BCUT2D eigenvalue weighted by molar-refractivity contribution is 7.98. The lowest BCUT2D eigenvalue weighted by molar-refractivity contribution is 0.0676. The Balaban J connectivity index is 1.94. The van der Waals surface area contributed by atoms with Gasteiger partial charge in [0.1, 0.15) is 0 Å². The van der Waals surface area contributed by atoms with Gasteiger partial charge in [0, 0.05) is 10.9 Å². The highest BCUT2D eigenvalue weighted by Crippen LogP contribution is 2.26. The predicted molar refractivity (Wildman–Crippen MR) is 100 cm³/mol. The maximum Gasteiger partial charge on any atom is 0.274 e. The maximum absolute atomic E-state index is 13.1. The Morgan fingerprint density at radius 2 is 2.32 bits per heavy atom. The van der Waals surface area contributed by atoms with E-state index in [4.69, 9.17) is 11.6 Å². The number of aromatic nitrogens is 2. The van der Waals surface area contributed by atoms with Crippen molar-refractivity contribution in [2.45, 2.75) is 24.2 Å². The number of halogens is 1. The Hall–Kier alpha value is -1.16. The zero-order valence-corrected chi connectivity index (χ0v) is 16.6. The molecule has 0 spiro atoms. The maximum atomic E-state index is 13.1. The third-order valence-corrected chi connectivity index (χ3v) is 7.37. The van der Waals surface area contributed by atoms with Crippen LogP contribution in [0.2, 0.25) is 5.02 Å². The minimum Gasteiger partial charge on any atom is -0.328 e. The van der Waals surface area contributed by atoms with Gasteiger partial charge >= 0.3 is 0 Å². The molecular weight excluding hydrogens is 402 g/mol. The van der Waals surface area contributed by atoms with Crippen LogP contribution in [0.4, 0.5) is 0 Å². The van der Waals surface area contributed by atoms with Gasteiger partial charge in [0.2, 0.25) is 0 Å². The molecule has 1 unspecified atom stereocenters. The molecule has 25 heavy (non-hydrogen) atoms. The second-order valence-electron chi connectivity index (χ2n) is 5.62. The summed E-state index contributed by atoms with van der Waals surface area (Å²) in [5.41, 5.74) is 0.113. The molecule has 3 heterocycles. The van der Waals surface area contributed by atoms with Crippen LogP contribution >= 0.6 is 34.7 Å². The minimum atomic E-state index is -3.12. The Morgan fingerprint density at radius 3 is 2.92 bits per heavy atom. The van der Waals surface area contributed by atoms with Crippen LogP contribution in [0.3, 0.4) is 0 Å². The molecule has 2 aromatic heterocycles. The van der Waals surface area contributed by atoms with Crippen LogP contribution in [0, 0.1) is 0 Å². The van der Waals surface area contributed by atoms with Gasteiger partial charge < -0.3 is 4.90 Å². The summed E-state index contributed by atoms with van der Waals surface area (Å²) < 4.78 is 23.8. The second kappa shape index (κ2) is 7.61. The number of carbonyl (C=O) groups is 1. The molecule has 1 atom stereocenters. The summed E-state index contributed by atoms with van der Waals surface area (Å²) in [6, 6.07) is 3.45. The Bertz CT molecular complexity index is 871. The molecule has 0 bridgehead atoms. The van der Waals surface area contributed by atoms with Gasteiger partial charge in [0.25, 0.3) is 5.91 Å². The molecule has 0 aromatic carbocycles. The van der Waals surface area contributed by atoms with Crippen LogP contribution in [0.25, 0.3) is 0 Å². The molecule has 3 rings (SSSR count). The van der Waals surface area contributed by atoms with Crippen LogP contribution in [-0.2, 0) is 16.4 Å². The van der Waals surface area contributed by atoms with Crippen LogP contribution in [0.1, 0.15) is 21.8 Å². The van der Waals surface area contributed by atoms with Gasteiger partial charge in [-0.3, -0.25) is 4.79 Å². The van der Waals surface area contributed by atoms with Crippen molar-refractivity contribution >= 4 is 50.4 Å². The topological polar surface area (TPSA) is 80.2 Å². The zero-order valence-electron chi connectivity index (χ0n) is 13.4. The third-order valence-electron chi connectivity index (χ3n) is 3.92. The van der Waals surface area contributed by atoms with Crippen molar-refractivity contribution in [2.24, 2.45) is 0 Å². The van der Waals surface area contributed by atoms with Crippen molar-refractivity contribution in [1.82, 2.24) is 14.9 Å². The van der Waals surface area contributed by atoms with Crippen LogP contribution in [0.5, 0.6) is 0 Å². The summed E-state index contributed by atoms with van der Waals surface area (Å²) in [5.74, 6) is -0.292. The van der Waals surface area contributed by atoms with Crippen LogP contribution in [-0.4, -0.2) is 53.0 Å². The highest BCUT2D eigenvalue weighted by atomic mass is 35.5. The number of hydrogen-bond acceptors (Lipinski definition) is 7. The molecule has 1 aliphatic rings.